The zero-order valence-electron chi connectivity index (χ0n) is 10.4. The number of likely N-dealkylation sites (tertiary alicyclic amines) is 1. The highest BCUT2D eigenvalue weighted by Gasteiger charge is 2.22. The molecule has 1 atom stereocenters. The van der Waals surface area contributed by atoms with E-state index in [9.17, 15) is 4.79 Å². The summed E-state index contributed by atoms with van der Waals surface area (Å²) in [6.45, 7) is 3.63. The topological polar surface area (TPSA) is 46.3 Å². The van der Waals surface area contributed by atoms with Crippen molar-refractivity contribution in [1.82, 2.24) is 4.90 Å². The van der Waals surface area contributed by atoms with E-state index < -0.39 is 0 Å². The van der Waals surface area contributed by atoms with Crippen molar-refractivity contribution in [2.45, 2.75) is 32.2 Å². The van der Waals surface area contributed by atoms with Crippen LogP contribution in [-0.2, 0) is 11.2 Å². The van der Waals surface area contributed by atoms with Gasteiger partial charge in [0.05, 0.1) is 0 Å². The molecule has 92 valence electrons. The molecule has 3 nitrogen and oxygen atoms in total. The van der Waals surface area contributed by atoms with Gasteiger partial charge in [0.25, 0.3) is 0 Å². The molecule has 1 saturated heterocycles. The highest BCUT2D eigenvalue weighted by Crippen LogP contribution is 2.11. The van der Waals surface area contributed by atoms with Gasteiger partial charge in [0.15, 0.2) is 0 Å². The molecular formula is C14H20N2O. The van der Waals surface area contributed by atoms with Crippen molar-refractivity contribution in [1.29, 1.82) is 0 Å². The van der Waals surface area contributed by atoms with Crippen LogP contribution < -0.4 is 5.73 Å². The van der Waals surface area contributed by atoms with E-state index in [1.165, 1.54) is 11.1 Å². The van der Waals surface area contributed by atoms with E-state index in [4.69, 9.17) is 5.73 Å². The molecular weight excluding hydrogens is 212 g/mol. The lowest BCUT2D eigenvalue weighted by atomic mass is 10.1. The zero-order valence-corrected chi connectivity index (χ0v) is 10.4. The summed E-state index contributed by atoms with van der Waals surface area (Å²) in [7, 11) is 0. The van der Waals surface area contributed by atoms with E-state index in [1.807, 2.05) is 4.90 Å². The Balaban J connectivity index is 1.82. The maximum absolute atomic E-state index is 11.9. The predicted molar refractivity (Wildman–Crippen MR) is 68.7 cm³/mol. The SMILES string of the molecule is Cc1ccc(CCC(=O)N2CCC(N)C2)cc1. The average Bonchev–Trinajstić information content (AvgIpc) is 2.75. The molecule has 0 bridgehead atoms. The fraction of sp³-hybridized carbons (Fsp3) is 0.500. The summed E-state index contributed by atoms with van der Waals surface area (Å²) in [4.78, 5) is 13.8. The minimum Gasteiger partial charge on any atom is -0.341 e. The maximum atomic E-state index is 11.9. The Morgan fingerprint density at radius 1 is 1.41 bits per heavy atom. The Hall–Kier alpha value is -1.35. The van der Waals surface area contributed by atoms with Gasteiger partial charge in [-0.25, -0.2) is 0 Å². The number of hydrogen-bond acceptors (Lipinski definition) is 2. The average molecular weight is 232 g/mol. The van der Waals surface area contributed by atoms with Crippen LogP contribution in [-0.4, -0.2) is 29.9 Å². The number of nitrogens with two attached hydrogens (primary N) is 1. The van der Waals surface area contributed by atoms with Crippen molar-refractivity contribution < 1.29 is 4.79 Å². The number of rotatable bonds is 3. The van der Waals surface area contributed by atoms with Crippen LogP contribution in [0.4, 0.5) is 0 Å². The monoisotopic (exact) mass is 232 g/mol. The second kappa shape index (κ2) is 5.32. The van der Waals surface area contributed by atoms with Crippen molar-refractivity contribution in [2.24, 2.45) is 5.73 Å². The smallest absolute Gasteiger partial charge is 0.222 e. The van der Waals surface area contributed by atoms with Gasteiger partial charge < -0.3 is 10.6 Å². The molecule has 0 saturated carbocycles. The normalized spacial score (nSPS) is 19.6. The second-order valence-electron chi connectivity index (χ2n) is 4.87. The largest absolute Gasteiger partial charge is 0.341 e. The lowest BCUT2D eigenvalue weighted by molar-refractivity contribution is -0.130. The van der Waals surface area contributed by atoms with Gasteiger partial charge in [-0.05, 0) is 25.3 Å². The summed E-state index contributed by atoms with van der Waals surface area (Å²) >= 11 is 0. The number of nitrogens with zero attached hydrogens (tertiary/aromatic N) is 1. The molecule has 0 spiro atoms. The molecule has 1 aliphatic heterocycles. The Morgan fingerprint density at radius 3 is 2.71 bits per heavy atom. The van der Waals surface area contributed by atoms with E-state index in [1.54, 1.807) is 0 Å². The molecule has 1 aromatic carbocycles. The van der Waals surface area contributed by atoms with Crippen molar-refractivity contribution in [3.8, 4) is 0 Å². The highest BCUT2D eigenvalue weighted by atomic mass is 16.2. The number of amides is 1. The summed E-state index contributed by atoms with van der Waals surface area (Å²) in [5.41, 5.74) is 8.28. The van der Waals surface area contributed by atoms with Crippen molar-refractivity contribution >= 4 is 5.91 Å². The third-order valence-electron chi connectivity index (χ3n) is 3.33. The summed E-state index contributed by atoms with van der Waals surface area (Å²) in [5.74, 6) is 0.235. The summed E-state index contributed by atoms with van der Waals surface area (Å²) in [6, 6.07) is 8.55. The van der Waals surface area contributed by atoms with Crippen molar-refractivity contribution in [3.05, 3.63) is 35.4 Å². The van der Waals surface area contributed by atoms with Crippen molar-refractivity contribution in [2.75, 3.05) is 13.1 Å². The fourth-order valence-electron chi connectivity index (χ4n) is 2.18. The first-order chi connectivity index (χ1) is 8.15. The van der Waals surface area contributed by atoms with Gasteiger partial charge >= 0.3 is 0 Å². The fourth-order valence-corrected chi connectivity index (χ4v) is 2.18. The van der Waals surface area contributed by atoms with Crippen LogP contribution in [0.3, 0.4) is 0 Å². The van der Waals surface area contributed by atoms with Crippen LogP contribution in [0.25, 0.3) is 0 Å². The molecule has 1 amide bonds. The predicted octanol–water partition coefficient (Wildman–Crippen LogP) is 1.49. The van der Waals surface area contributed by atoms with Gasteiger partial charge in [-0.2, -0.15) is 0 Å². The number of carbonyl (C=O) groups is 1. The van der Waals surface area contributed by atoms with Crippen LogP contribution in [0.5, 0.6) is 0 Å². The first kappa shape index (κ1) is 12.1. The molecule has 0 radical (unpaired) electrons. The molecule has 1 aromatic rings. The summed E-state index contributed by atoms with van der Waals surface area (Å²) in [6.07, 6.45) is 2.36. The van der Waals surface area contributed by atoms with Crippen LogP contribution >= 0.6 is 0 Å². The first-order valence-electron chi connectivity index (χ1n) is 6.24. The maximum Gasteiger partial charge on any atom is 0.222 e. The zero-order chi connectivity index (χ0) is 12.3. The Labute approximate surface area is 103 Å². The minimum atomic E-state index is 0.179. The number of hydrogen-bond donors (Lipinski definition) is 1. The molecule has 1 unspecified atom stereocenters. The molecule has 17 heavy (non-hydrogen) atoms. The highest BCUT2D eigenvalue weighted by molar-refractivity contribution is 5.76. The lowest BCUT2D eigenvalue weighted by Gasteiger charge is -2.15. The van der Waals surface area contributed by atoms with Crippen LogP contribution in [0.2, 0.25) is 0 Å². The first-order valence-corrected chi connectivity index (χ1v) is 6.24. The molecule has 1 heterocycles. The standard InChI is InChI=1S/C14H20N2O/c1-11-2-4-12(5-3-11)6-7-14(17)16-9-8-13(15)10-16/h2-5,13H,6-10,15H2,1H3. The molecule has 2 rings (SSSR count). The third-order valence-corrected chi connectivity index (χ3v) is 3.33. The van der Waals surface area contributed by atoms with Gasteiger partial charge in [-0.15, -0.1) is 0 Å². The van der Waals surface area contributed by atoms with E-state index in [0.717, 1.165) is 25.9 Å². The van der Waals surface area contributed by atoms with Crippen LogP contribution in [0.1, 0.15) is 24.0 Å². The van der Waals surface area contributed by atoms with Gasteiger partial charge in [-0.3, -0.25) is 4.79 Å². The Morgan fingerprint density at radius 2 is 2.12 bits per heavy atom. The molecule has 2 N–H and O–H groups in total. The van der Waals surface area contributed by atoms with Crippen LogP contribution in [0, 0.1) is 6.92 Å². The van der Waals surface area contributed by atoms with Gasteiger partial charge in [-0.1, -0.05) is 29.8 Å². The van der Waals surface area contributed by atoms with Gasteiger partial charge in [0.1, 0.15) is 0 Å². The molecule has 1 fully saturated rings. The van der Waals surface area contributed by atoms with E-state index in [2.05, 4.69) is 31.2 Å². The number of carbonyl (C=O) groups excluding carboxylic acids is 1. The van der Waals surface area contributed by atoms with Gasteiger partial charge in [0.2, 0.25) is 5.91 Å². The summed E-state index contributed by atoms with van der Waals surface area (Å²) in [5, 5.41) is 0. The van der Waals surface area contributed by atoms with Crippen molar-refractivity contribution in [3.63, 3.8) is 0 Å². The van der Waals surface area contributed by atoms with Gasteiger partial charge in [0, 0.05) is 25.6 Å². The number of aryl methyl sites for hydroxylation is 2. The van der Waals surface area contributed by atoms with Crippen LogP contribution in [0.15, 0.2) is 24.3 Å². The molecule has 1 aliphatic rings. The lowest BCUT2D eigenvalue weighted by Crippen LogP contribution is -2.31. The third kappa shape index (κ3) is 3.30. The Kier molecular flexibility index (Phi) is 3.79. The number of benzene rings is 1. The molecule has 0 aromatic heterocycles. The second-order valence-corrected chi connectivity index (χ2v) is 4.87. The molecule has 0 aliphatic carbocycles. The van der Waals surface area contributed by atoms with E-state index in [0.29, 0.717) is 6.42 Å². The quantitative estimate of drug-likeness (QED) is 0.858. The molecule has 3 heteroatoms. The van der Waals surface area contributed by atoms with E-state index >= 15 is 0 Å². The van der Waals surface area contributed by atoms with E-state index in [-0.39, 0.29) is 11.9 Å². The summed E-state index contributed by atoms with van der Waals surface area (Å²) < 4.78 is 0. The minimum absolute atomic E-state index is 0.179. The Bertz CT molecular complexity index is 386.